The minimum absolute atomic E-state index is 0.708. The summed E-state index contributed by atoms with van der Waals surface area (Å²) in [5.74, 6) is 0. The first-order valence-corrected chi connectivity index (χ1v) is 6.86. The van der Waals surface area contributed by atoms with E-state index in [4.69, 9.17) is 12.2 Å². The van der Waals surface area contributed by atoms with Crippen molar-refractivity contribution in [3.05, 3.63) is 0 Å². The Labute approximate surface area is 105 Å². The molecule has 1 fully saturated rings. The molecular weight excluding hydrogens is 218 g/mol. The zero-order valence-corrected chi connectivity index (χ0v) is 11.6. The average Bonchev–Trinajstić information content (AvgIpc) is 2.35. The molecular formula is C12H25N3S. The van der Waals surface area contributed by atoms with Crippen LogP contribution in [-0.2, 0) is 0 Å². The van der Waals surface area contributed by atoms with E-state index < -0.39 is 0 Å². The van der Waals surface area contributed by atoms with E-state index >= 15 is 0 Å². The second kappa shape index (κ2) is 7.07. The van der Waals surface area contributed by atoms with E-state index in [1.807, 2.05) is 0 Å². The Hall–Kier alpha value is -0.350. The highest BCUT2D eigenvalue weighted by Gasteiger charge is 2.21. The highest BCUT2D eigenvalue weighted by atomic mass is 32.1. The molecule has 1 unspecified atom stereocenters. The van der Waals surface area contributed by atoms with Gasteiger partial charge in [-0.15, -0.1) is 0 Å². The molecule has 94 valence electrons. The third-order valence-electron chi connectivity index (χ3n) is 3.34. The normalized spacial score (nSPS) is 19.6. The number of hydrogen-bond acceptors (Lipinski definition) is 2. The van der Waals surface area contributed by atoms with Gasteiger partial charge in [0, 0.05) is 38.8 Å². The average molecular weight is 243 g/mol. The van der Waals surface area contributed by atoms with Gasteiger partial charge in [-0.25, -0.2) is 0 Å². The van der Waals surface area contributed by atoms with Crippen LogP contribution in [0.15, 0.2) is 0 Å². The van der Waals surface area contributed by atoms with Gasteiger partial charge in [-0.1, -0.05) is 13.8 Å². The molecule has 0 aromatic carbocycles. The maximum Gasteiger partial charge on any atom is 0.169 e. The molecule has 1 atom stereocenters. The summed E-state index contributed by atoms with van der Waals surface area (Å²) in [6.45, 7) is 12.1. The summed E-state index contributed by atoms with van der Waals surface area (Å²) in [5, 5.41) is 4.23. The first-order valence-electron chi connectivity index (χ1n) is 6.45. The Morgan fingerprint density at radius 1 is 1.25 bits per heavy atom. The van der Waals surface area contributed by atoms with E-state index in [9.17, 15) is 0 Å². The maximum atomic E-state index is 5.37. The van der Waals surface area contributed by atoms with E-state index in [0.29, 0.717) is 6.04 Å². The van der Waals surface area contributed by atoms with Crippen molar-refractivity contribution in [2.45, 2.75) is 39.7 Å². The van der Waals surface area contributed by atoms with Crippen LogP contribution in [0.2, 0.25) is 0 Å². The lowest BCUT2D eigenvalue weighted by atomic mass is 10.2. The summed E-state index contributed by atoms with van der Waals surface area (Å²) in [6.07, 6.45) is 2.37. The fourth-order valence-corrected chi connectivity index (χ4v) is 2.25. The van der Waals surface area contributed by atoms with Crippen molar-refractivity contribution in [1.29, 1.82) is 0 Å². The van der Waals surface area contributed by atoms with Gasteiger partial charge in [0.1, 0.15) is 0 Å². The molecule has 0 saturated carbocycles. The van der Waals surface area contributed by atoms with E-state index in [2.05, 4.69) is 35.9 Å². The SMILES string of the molecule is CCCNC(=S)N1CCN(C(C)CC)CC1. The predicted molar refractivity (Wildman–Crippen MR) is 73.8 cm³/mol. The van der Waals surface area contributed by atoms with Crippen molar-refractivity contribution in [2.24, 2.45) is 0 Å². The van der Waals surface area contributed by atoms with Crippen LogP contribution in [0.5, 0.6) is 0 Å². The molecule has 3 nitrogen and oxygen atoms in total. The number of nitrogens with zero attached hydrogens (tertiary/aromatic N) is 2. The monoisotopic (exact) mass is 243 g/mol. The molecule has 0 aromatic rings. The molecule has 0 radical (unpaired) electrons. The van der Waals surface area contributed by atoms with Crippen LogP contribution in [0.4, 0.5) is 0 Å². The number of rotatable bonds is 4. The zero-order valence-electron chi connectivity index (χ0n) is 10.8. The van der Waals surface area contributed by atoms with Crippen molar-refractivity contribution in [3.8, 4) is 0 Å². The largest absolute Gasteiger partial charge is 0.363 e. The van der Waals surface area contributed by atoms with Crippen molar-refractivity contribution in [2.75, 3.05) is 32.7 Å². The second-order valence-electron chi connectivity index (χ2n) is 4.51. The van der Waals surface area contributed by atoms with E-state index in [1.165, 1.54) is 6.42 Å². The summed E-state index contributed by atoms with van der Waals surface area (Å²) >= 11 is 5.37. The first-order chi connectivity index (χ1) is 7.69. The first kappa shape index (κ1) is 13.7. The van der Waals surface area contributed by atoms with Crippen molar-refractivity contribution in [3.63, 3.8) is 0 Å². The van der Waals surface area contributed by atoms with Crippen LogP contribution in [-0.4, -0.2) is 53.7 Å². The standard InChI is InChI=1S/C12H25N3S/c1-4-6-13-12(16)15-9-7-14(8-10-15)11(3)5-2/h11H,4-10H2,1-3H3,(H,13,16). The Balaban J connectivity index is 2.28. The van der Waals surface area contributed by atoms with Gasteiger partial charge in [0.15, 0.2) is 5.11 Å². The van der Waals surface area contributed by atoms with Crippen LogP contribution in [0.25, 0.3) is 0 Å². The number of thiocarbonyl (C=S) groups is 1. The molecule has 1 N–H and O–H groups in total. The third kappa shape index (κ3) is 3.91. The van der Waals surface area contributed by atoms with Crippen LogP contribution in [0.3, 0.4) is 0 Å². The Kier molecular flexibility index (Phi) is 6.06. The minimum Gasteiger partial charge on any atom is -0.363 e. The summed E-state index contributed by atoms with van der Waals surface area (Å²) in [7, 11) is 0. The molecule has 0 aliphatic carbocycles. The molecule has 1 aliphatic rings. The highest BCUT2D eigenvalue weighted by Crippen LogP contribution is 2.08. The topological polar surface area (TPSA) is 18.5 Å². The van der Waals surface area contributed by atoms with Gasteiger partial charge >= 0.3 is 0 Å². The van der Waals surface area contributed by atoms with Crippen LogP contribution < -0.4 is 5.32 Å². The van der Waals surface area contributed by atoms with Gasteiger partial charge < -0.3 is 10.2 Å². The van der Waals surface area contributed by atoms with Crippen LogP contribution >= 0.6 is 12.2 Å². The summed E-state index contributed by atoms with van der Waals surface area (Å²) in [6, 6.07) is 0.708. The lowest BCUT2D eigenvalue weighted by Gasteiger charge is -2.38. The molecule has 0 aromatic heterocycles. The van der Waals surface area contributed by atoms with E-state index in [1.54, 1.807) is 0 Å². The summed E-state index contributed by atoms with van der Waals surface area (Å²) in [5.41, 5.74) is 0. The van der Waals surface area contributed by atoms with Gasteiger partial charge in [0.25, 0.3) is 0 Å². The van der Waals surface area contributed by atoms with Crippen molar-refractivity contribution in [1.82, 2.24) is 15.1 Å². The lowest BCUT2D eigenvalue weighted by molar-refractivity contribution is 0.137. The number of hydrogen-bond donors (Lipinski definition) is 1. The minimum atomic E-state index is 0.708. The van der Waals surface area contributed by atoms with Crippen molar-refractivity contribution < 1.29 is 0 Å². The van der Waals surface area contributed by atoms with E-state index in [-0.39, 0.29) is 0 Å². The van der Waals surface area contributed by atoms with Crippen LogP contribution in [0, 0.1) is 0 Å². The molecule has 1 heterocycles. The molecule has 0 bridgehead atoms. The molecule has 16 heavy (non-hydrogen) atoms. The van der Waals surface area contributed by atoms with Gasteiger partial charge in [-0.2, -0.15) is 0 Å². The highest BCUT2D eigenvalue weighted by molar-refractivity contribution is 7.80. The lowest BCUT2D eigenvalue weighted by Crippen LogP contribution is -2.53. The number of nitrogens with one attached hydrogen (secondary N) is 1. The molecule has 0 spiro atoms. The molecule has 0 amide bonds. The quantitative estimate of drug-likeness (QED) is 0.757. The zero-order chi connectivity index (χ0) is 12.0. The Morgan fingerprint density at radius 3 is 2.38 bits per heavy atom. The Morgan fingerprint density at radius 2 is 1.88 bits per heavy atom. The van der Waals surface area contributed by atoms with Crippen molar-refractivity contribution >= 4 is 17.3 Å². The van der Waals surface area contributed by atoms with Crippen LogP contribution in [0.1, 0.15) is 33.6 Å². The summed E-state index contributed by atoms with van der Waals surface area (Å²) < 4.78 is 0. The summed E-state index contributed by atoms with van der Waals surface area (Å²) in [4.78, 5) is 4.85. The Bertz CT molecular complexity index is 212. The number of piperazine rings is 1. The molecule has 4 heteroatoms. The molecule has 1 aliphatic heterocycles. The molecule has 1 rings (SSSR count). The third-order valence-corrected chi connectivity index (χ3v) is 3.74. The molecule has 1 saturated heterocycles. The maximum absolute atomic E-state index is 5.37. The fraction of sp³-hybridized carbons (Fsp3) is 0.917. The van der Waals surface area contributed by atoms with Gasteiger partial charge in [-0.3, -0.25) is 4.90 Å². The van der Waals surface area contributed by atoms with E-state index in [0.717, 1.165) is 44.3 Å². The van der Waals surface area contributed by atoms with Gasteiger partial charge in [0.2, 0.25) is 0 Å². The van der Waals surface area contributed by atoms with Gasteiger partial charge in [0.05, 0.1) is 0 Å². The second-order valence-corrected chi connectivity index (χ2v) is 4.90. The smallest absolute Gasteiger partial charge is 0.169 e. The van der Waals surface area contributed by atoms with Gasteiger partial charge in [-0.05, 0) is 32.0 Å². The fourth-order valence-electron chi connectivity index (χ4n) is 1.97. The predicted octanol–water partition coefficient (Wildman–Crippen LogP) is 1.69.